The Morgan fingerprint density at radius 3 is 2.28 bits per heavy atom. The molecule has 7 nitrogen and oxygen atoms in total. The molecular weight excluding hydrogens is 595 g/mol. The number of carbonyl (C=O) groups is 3. The van der Waals surface area contributed by atoms with Gasteiger partial charge in [-0.3, -0.25) is 9.59 Å². The Hall–Kier alpha value is -3.52. The summed E-state index contributed by atoms with van der Waals surface area (Å²) in [6.45, 7) is 12.0. The molecule has 2 atom stereocenters. The summed E-state index contributed by atoms with van der Waals surface area (Å²) >= 11 is 1.60. The van der Waals surface area contributed by atoms with E-state index < -0.39 is 23.8 Å². The molecule has 2 unspecified atom stereocenters. The number of amides is 3. The summed E-state index contributed by atoms with van der Waals surface area (Å²) in [7, 11) is 0. The number of ether oxygens (including phenoxy) is 1. The van der Waals surface area contributed by atoms with E-state index in [0.29, 0.717) is 24.4 Å². The predicted molar refractivity (Wildman–Crippen MR) is 192 cm³/mol. The van der Waals surface area contributed by atoms with Gasteiger partial charge in [-0.1, -0.05) is 87.6 Å². The zero-order valence-corrected chi connectivity index (χ0v) is 29.6. The van der Waals surface area contributed by atoms with Crippen molar-refractivity contribution in [2.45, 2.75) is 104 Å². The molecule has 2 N–H and O–H groups in total. The fourth-order valence-corrected chi connectivity index (χ4v) is 6.04. The number of thioether (sulfide) groups is 1. The molecule has 0 spiro atoms. The first kappa shape index (κ1) is 36.9. The van der Waals surface area contributed by atoms with Crippen LogP contribution in [0.5, 0.6) is 0 Å². The van der Waals surface area contributed by atoms with Gasteiger partial charge in [-0.15, -0.1) is 0 Å². The molecular formula is C38H53N3O4S. The maximum Gasteiger partial charge on any atom is 0.408 e. The van der Waals surface area contributed by atoms with Crippen molar-refractivity contribution in [3.05, 3.63) is 77.4 Å². The first-order valence-electron chi connectivity index (χ1n) is 16.6. The number of aryl methyl sites for hydroxylation is 1. The molecule has 0 bridgehead atoms. The molecule has 0 aliphatic carbocycles. The number of alkyl carbamates (subject to hydrolysis) is 1. The third-order valence-corrected chi connectivity index (χ3v) is 8.80. The minimum Gasteiger partial charge on any atom is -0.444 e. The fourth-order valence-electron chi connectivity index (χ4n) is 5.57. The van der Waals surface area contributed by atoms with Crippen LogP contribution in [0.1, 0.15) is 95.4 Å². The number of nitrogens with zero attached hydrogens (tertiary/aromatic N) is 1. The largest absolute Gasteiger partial charge is 0.444 e. The highest BCUT2D eigenvalue weighted by Crippen LogP contribution is 2.30. The lowest BCUT2D eigenvalue weighted by molar-refractivity contribution is -0.141. The van der Waals surface area contributed by atoms with Crippen LogP contribution in [0.3, 0.4) is 0 Å². The van der Waals surface area contributed by atoms with Crippen molar-refractivity contribution in [1.29, 1.82) is 0 Å². The number of carbonyl (C=O) groups excluding carboxylic acids is 3. The lowest BCUT2D eigenvalue weighted by Gasteiger charge is -2.35. The van der Waals surface area contributed by atoms with Crippen LogP contribution in [-0.2, 0) is 14.3 Å². The number of fused-ring (bicyclic) bond motifs is 1. The smallest absolute Gasteiger partial charge is 0.408 e. The molecule has 0 aromatic heterocycles. The van der Waals surface area contributed by atoms with Gasteiger partial charge in [0.1, 0.15) is 17.7 Å². The molecule has 0 aliphatic rings. The second kappa shape index (κ2) is 18.0. The van der Waals surface area contributed by atoms with E-state index in [1.54, 1.807) is 37.4 Å². The molecule has 0 heterocycles. The van der Waals surface area contributed by atoms with Crippen LogP contribution in [0.25, 0.3) is 10.8 Å². The van der Waals surface area contributed by atoms with Crippen LogP contribution >= 0.6 is 11.8 Å². The van der Waals surface area contributed by atoms with Gasteiger partial charge in [0.15, 0.2) is 0 Å². The monoisotopic (exact) mass is 647 g/mol. The van der Waals surface area contributed by atoms with Crippen LogP contribution in [0.15, 0.2) is 60.7 Å². The molecule has 3 rings (SSSR count). The van der Waals surface area contributed by atoms with Gasteiger partial charge in [0.2, 0.25) is 5.91 Å². The van der Waals surface area contributed by atoms with Gasteiger partial charge in [-0.05, 0) is 99.1 Å². The molecule has 0 saturated carbocycles. The van der Waals surface area contributed by atoms with E-state index >= 15 is 0 Å². The molecule has 0 fully saturated rings. The number of benzene rings is 3. The van der Waals surface area contributed by atoms with Crippen molar-refractivity contribution in [1.82, 2.24) is 10.2 Å². The number of unbranched alkanes of at least 4 members (excludes halogenated alkanes) is 5. The van der Waals surface area contributed by atoms with Gasteiger partial charge in [0.05, 0.1) is 0 Å². The standard InChI is InChI=1S/C38H53N3O4S/c1-8-9-10-11-12-15-24-41(36(43)33(23-25-46-7)40-37(44)45-38(4,5)6)34(32-20-16-17-27(2)28(32)3)35(42)39-31-22-21-29-18-13-14-19-30(29)26-31/h13-14,16-22,26,33-34H,8-12,15,23-25H2,1-7H3,(H,39,42)(H,40,44). The highest BCUT2D eigenvalue weighted by molar-refractivity contribution is 7.98. The van der Waals surface area contributed by atoms with Gasteiger partial charge in [0.25, 0.3) is 5.91 Å². The third kappa shape index (κ3) is 11.1. The molecule has 0 saturated heterocycles. The molecule has 250 valence electrons. The Morgan fingerprint density at radius 2 is 1.59 bits per heavy atom. The van der Waals surface area contributed by atoms with Crippen molar-refractivity contribution in [2.24, 2.45) is 0 Å². The summed E-state index contributed by atoms with van der Waals surface area (Å²) in [6.07, 6.45) is 7.99. The molecule has 3 amide bonds. The van der Waals surface area contributed by atoms with Crippen molar-refractivity contribution >= 4 is 46.1 Å². The second-order valence-electron chi connectivity index (χ2n) is 13.0. The average molecular weight is 648 g/mol. The summed E-state index contributed by atoms with van der Waals surface area (Å²) in [6, 6.07) is 18.0. The predicted octanol–water partition coefficient (Wildman–Crippen LogP) is 8.97. The minimum atomic E-state index is -0.897. The Kier molecular flexibility index (Phi) is 14.4. The number of anilines is 1. The van der Waals surface area contributed by atoms with Crippen molar-refractivity contribution in [3.8, 4) is 0 Å². The van der Waals surface area contributed by atoms with Crippen molar-refractivity contribution < 1.29 is 19.1 Å². The van der Waals surface area contributed by atoms with Crippen LogP contribution in [0.2, 0.25) is 0 Å². The van der Waals surface area contributed by atoms with Crippen LogP contribution < -0.4 is 10.6 Å². The highest BCUT2D eigenvalue weighted by Gasteiger charge is 2.37. The minimum absolute atomic E-state index is 0.284. The van der Waals surface area contributed by atoms with E-state index in [1.165, 1.54) is 6.42 Å². The molecule has 0 radical (unpaired) electrons. The molecule has 0 aliphatic heterocycles. The molecule has 8 heteroatoms. The maximum absolute atomic E-state index is 14.6. The number of hydrogen-bond acceptors (Lipinski definition) is 5. The zero-order valence-electron chi connectivity index (χ0n) is 28.8. The average Bonchev–Trinajstić information content (AvgIpc) is 3.00. The number of nitrogens with one attached hydrogen (secondary N) is 2. The summed E-state index contributed by atoms with van der Waals surface area (Å²) < 4.78 is 5.55. The van der Waals surface area contributed by atoms with Crippen molar-refractivity contribution in [3.63, 3.8) is 0 Å². The molecule has 3 aromatic carbocycles. The summed E-state index contributed by atoms with van der Waals surface area (Å²) in [4.78, 5) is 43.7. The maximum atomic E-state index is 14.6. The lowest BCUT2D eigenvalue weighted by atomic mass is 9.94. The van der Waals surface area contributed by atoms with Crippen LogP contribution in [0, 0.1) is 13.8 Å². The summed E-state index contributed by atoms with van der Waals surface area (Å²) in [5.41, 5.74) is 2.73. The van der Waals surface area contributed by atoms with Crippen LogP contribution in [0.4, 0.5) is 10.5 Å². The summed E-state index contributed by atoms with van der Waals surface area (Å²) in [5, 5.41) is 8.08. The topological polar surface area (TPSA) is 87.7 Å². The van der Waals surface area contributed by atoms with Gasteiger partial charge >= 0.3 is 6.09 Å². The number of rotatable bonds is 16. The first-order valence-corrected chi connectivity index (χ1v) is 18.0. The molecule has 46 heavy (non-hydrogen) atoms. The Bertz CT molecular complexity index is 1450. The van der Waals surface area contributed by atoms with Gasteiger partial charge in [0, 0.05) is 12.2 Å². The normalized spacial score (nSPS) is 12.8. The summed E-state index contributed by atoms with van der Waals surface area (Å²) in [5.74, 6) is 0.0892. The Balaban J connectivity index is 2.04. The number of hydrogen-bond donors (Lipinski definition) is 2. The van der Waals surface area contributed by atoms with E-state index in [0.717, 1.165) is 59.6 Å². The second-order valence-corrected chi connectivity index (χ2v) is 14.0. The van der Waals surface area contributed by atoms with E-state index in [-0.39, 0.29) is 11.8 Å². The van der Waals surface area contributed by atoms with E-state index in [9.17, 15) is 14.4 Å². The molecule has 3 aromatic rings. The Labute approximate surface area is 280 Å². The van der Waals surface area contributed by atoms with E-state index in [4.69, 9.17) is 4.74 Å². The van der Waals surface area contributed by atoms with Crippen LogP contribution in [-0.4, -0.2) is 53.0 Å². The first-order chi connectivity index (χ1) is 21.9. The van der Waals surface area contributed by atoms with Crippen molar-refractivity contribution in [2.75, 3.05) is 23.9 Å². The van der Waals surface area contributed by atoms with Gasteiger partial charge in [-0.25, -0.2) is 4.79 Å². The SMILES string of the molecule is CCCCCCCCN(C(=O)C(CCSC)NC(=O)OC(C)(C)C)C(C(=O)Nc1ccc2ccccc2c1)c1cccc(C)c1C. The Morgan fingerprint density at radius 1 is 0.891 bits per heavy atom. The lowest BCUT2D eigenvalue weighted by Crippen LogP contribution is -2.53. The highest BCUT2D eigenvalue weighted by atomic mass is 32.2. The van der Waals surface area contributed by atoms with Gasteiger partial charge in [-0.2, -0.15) is 11.8 Å². The quantitative estimate of drug-likeness (QED) is 0.152. The van der Waals surface area contributed by atoms with E-state index in [2.05, 4.69) is 17.6 Å². The van der Waals surface area contributed by atoms with Gasteiger partial charge < -0.3 is 20.3 Å². The fraction of sp³-hybridized carbons (Fsp3) is 0.500. The van der Waals surface area contributed by atoms with E-state index in [1.807, 2.05) is 80.8 Å². The third-order valence-electron chi connectivity index (χ3n) is 8.15. The zero-order chi connectivity index (χ0) is 33.7.